The first-order valence-electron chi connectivity index (χ1n) is 8.61. The quantitative estimate of drug-likeness (QED) is 0.494. The number of unbranched alkanes of at least 4 members (excludes halogenated alkanes) is 7. The second-order valence-electron chi connectivity index (χ2n) is 6.23. The maximum Gasteiger partial charge on any atom is 0.261 e. The number of carbonyl (C=O) groups is 2. The van der Waals surface area contributed by atoms with Crippen LogP contribution in [0.1, 0.15) is 84.6 Å². The molecule has 120 valence electrons. The lowest BCUT2D eigenvalue weighted by Gasteiger charge is -2.07. The summed E-state index contributed by atoms with van der Waals surface area (Å²) in [6.07, 6.45) is 11.1. The summed E-state index contributed by atoms with van der Waals surface area (Å²) in [6.45, 7) is 2.24. The number of benzene rings is 1. The van der Waals surface area contributed by atoms with Gasteiger partial charge >= 0.3 is 0 Å². The highest BCUT2D eigenvalue weighted by Crippen LogP contribution is 2.26. The Bertz CT molecular complexity index is 536. The van der Waals surface area contributed by atoms with Gasteiger partial charge in [0.1, 0.15) is 0 Å². The van der Waals surface area contributed by atoms with Gasteiger partial charge in [0.2, 0.25) is 0 Å². The molecule has 22 heavy (non-hydrogen) atoms. The number of hydrogen-bond donors (Lipinski definition) is 0. The van der Waals surface area contributed by atoms with Crippen molar-refractivity contribution in [3.8, 4) is 0 Å². The number of fused-ring (bicyclic) bond motifs is 1. The molecular formula is C19H27NO2. The van der Waals surface area contributed by atoms with Crippen LogP contribution in [-0.4, -0.2) is 23.8 Å². The Balaban J connectivity index is 1.81. The van der Waals surface area contributed by atoms with Crippen LogP contribution in [0, 0.1) is 0 Å². The highest BCUT2D eigenvalue weighted by molar-refractivity contribution is 6.21. The summed E-state index contributed by atoms with van der Waals surface area (Å²) < 4.78 is 0. The fourth-order valence-corrected chi connectivity index (χ4v) is 3.13. The highest BCUT2D eigenvalue weighted by atomic mass is 16.2. The largest absolute Gasteiger partial charge is 0.277 e. The molecule has 1 heterocycles. The third-order valence-corrected chi connectivity index (χ3v) is 4.50. The summed E-state index contributed by atoms with van der Waals surface area (Å²) in [7, 11) is 1.56. The van der Waals surface area contributed by atoms with Crippen molar-refractivity contribution in [3.05, 3.63) is 34.9 Å². The van der Waals surface area contributed by atoms with Crippen LogP contribution in [0.5, 0.6) is 0 Å². The van der Waals surface area contributed by atoms with Crippen molar-refractivity contribution < 1.29 is 9.59 Å². The maximum absolute atomic E-state index is 12.2. The molecule has 0 atom stereocenters. The second-order valence-corrected chi connectivity index (χ2v) is 6.23. The van der Waals surface area contributed by atoms with E-state index >= 15 is 0 Å². The summed E-state index contributed by atoms with van der Waals surface area (Å²) in [5.74, 6) is -0.312. The molecule has 2 amide bonds. The predicted molar refractivity (Wildman–Crippen MR) is 89.2 cm³/mol. The molecule has 1 aliphatic heterocycles. The first-order chi connectivity index (χ1) is 10.7. The van der Waals surface area contributed by atoms with Crippen molar-refractivity contribution in [2.45, 2.75) is 64.7 Å². The Morgan fingerprint density at radius 2 is 1.50 bits per heavy atom. The van der Waals surface area contributed by atoms with E-state index < -0.39 is 0 Å². The van der Waals surface area contributed by atoms with Gasteiger partial charge in [-0.1, -0.05) is 64.0 Å². The fourth-order valence-electron chi connectivity index (χ4n) is 3.13. The summed E-state index contributed by atoms with van der Waals surface area (Å²) >= 11 is 0. The molecule has 1 aromatic rings. The summed E-state index contributed by atoms with van der Waals surface area (Å²) in [5.41, 5.74) is 2.24. The van der Waals surface area contributed by atoms with Crippen molar-refractivity contribution >= 4 is 11.8 Å². The van der Waals surface area contributed by atoms with Gasteiger partial charge in [-0.05, 0) is 24.5 Å². The summed E-state index contributed by atoms with van der Waals surface area (Å²) in [4.78, 5) is 25.4. The third kappa shape index (κ3) is 3.76. The molecule has 0 unspecified atom stereocenters. The van der Waals surface area contributed by atoms with E-state index in [2.05, 4.69) is 6.92 Å². The number of amides is 2. The predicted octanol–water partition coefficient (Wildman–Crippen LogP) is 4.60. The molecule has 1 aliphatic rings. The van der Waals surface area contributed by atoms with Gasteiger partial charge in [-0.2, -0.15) is 0 Å². The molecule has 0 spiro atoms. The number of carbonyl (C=O) groups excluding carboxylic acids is 2. The van der Waals surface area contributed by atoms with Crippen LogP contribution < -0.4 is 0 Å². The summed E-state index contributed by atoms with van der Waals surface area (Å²) in [6, 6.07) is 5.64. The number of imide groups is 1. The van der Waals surface area contributed by atoms with Gasteiger partial charge in [-0.25, -0.2) is 0 Å². The fraction of sp³-hybridized carbons (Fsp3) is 0.579. The van der Waals surface area contributed by atoms with Crippen molar-refractivity contribution in [1.29, 1.82) is 0 Å². The Morgan fingerprint density at radius 1 is 0.864 bits per heavy atom. The summed E-state index contributed by atoms with van der Waals surface area (Å²) in [5, 5.41) is 0. The molecule has 3 heteroatoms. The molecule has 0 saturated heterocycles. The average Bonchev–Trinajstić information content (AvgIpc) is 2.75. The van der Waals surface area contributed by atoms with Gasteiger partial charge in [-0.3, -0.25) is 14.5 Å². The minimum Gasteiger partial charge on any atom is -0.277 e. The van der Waals surface area contributed by atoms with Crippen LogP contribution in [0.4, 0.5) is 0 Å². The van der Waals surface area contributed by atoms with E-state index in [1.54, 1.807) is 13.1 Å². The molecule has 1 aromatic carbocycles. The molecule has 0 radical (unpaired) electrons. The van der Waals surface area contributed by atoms with Gasteiger partial charge in [0.25, 0.3) is 11.8 Å². The van der Waals surface area contributed by atoms with Crippen LogP contribution in [0.15, 0.2) is 18.2 Å². The first-order valence-corrected chi connectivity index (χ1v) is 8.61. The van der Waals surface area contributed by atoms with Crippen molar-refractivity contribution in [2.24, 2.45) is 0 Å². The van der Waals surface area contributed by atoms with Crippen molar-refractivity contribution in [1.82, 2.24) is 4.90 Å². The molecule has 0 aromatic heterocycles. The zero-order chi connectivity index (χ0) is 15.9. The Kier molecular flexibility index (Phi) is 6.17. The van der Waals surface area contributed by atoms with E-state index in [1.807, 2.05) is 12.1 Å². The highest BCUT2D eigenvalue weighted by Gasteiger charge is 2.34. The second kappa shape index (κ2) is 8.11. The van der Waals surface area contributed by atoms with E-state index in [0.717, 1.165) is 18.4 Å². The van der Waals surface area contributed by atoms with Crippen LogP contribution in [0.3, 0.4) is 0 Å². The van der Waals surface area contributed by atoms with Gasteiger partial charge in [0.05, 0.1) is 11.1 Å². The van der Waals surface area contributed by atoms with Gasteiger partial charge < -0.3 is 0 Å². The smallest absolute Gasteiger partial charge is 0.261 e. The maximum atomic E-state index is 12.2. The van der Waals surface area contributed by atoms with E-state index in [1.165, 1.54) is 49.8 Å². The van der Waals surface area contributed by atoms with Crippen LogP contribution in [0.2, 0.25) is 0 Å². The van der Waals surface area contributed by atoms with Gasteiger partial charge in [-0.15, -0.1) is 0 Å². The van der Waals surface area contributed by atoms with Crippen molar-refractivity contribution in [3.63, 3.8) is 0 Å². The van der Waals surface area contributed by atoms with Gasteiger partial charge in [0, 0.05) is 7.05 Å². The minimum atomic E-state index is -0.169. The number of aryl methyl sites for hydroxylation is 1. The Morgan fingerprint density at radius 3 is 2.18 bits per heavy atom. The zero-order valence-corrected chi connectivity index (χ0v) is 13.9. The normalized spacial score (nSPS) is 13.8. The van der Waals surface area contributed by atoms with E-state index in [0.29, 0.717) is 11.1 Å². The van der Waals surface area contributed by atoms with E-state index in [4.69, 9.17) is 0 Å². The molecule has 2 rings (SSSR count). The molecule has 0 bridgehead atoms. The average molecular weight is 301 g/mol. The van der Waals surface area contributed by atoms with E-state index in [-0.39, 0.29) is 11.8 Å². The molecule has 3 nitrogen and oxygen atoms in total. The standard InChI is InChI=1S/C19H27NO2/c1-3-4-5-6-7-8-9-10-12-15-13-11-14-16-17(15)19(22)20(2)18(16)21/h11,13-14H,3-10,12H2,1-2H3. The SMILES string of the molecule is CCCCCCCCCCc1cccc2c1C(=O)N(C)C2=O. The molecule has 0 aliphatic carbocycles. The third-order valence-electron chi connectivity index (χ3n) is 4.50. The lowest BCUT2D eigenvalue weighted by Crippen LogP contribution is -2.24. The topological polar surface area (TPSA) is 37.4 Å². The van der Waals surface area contributed by atoms with Gasteiger partial charge in [0.15, 0.2) is 0 Å². The van der Waals surface area contributed by atoms with E-state index in [9.17, 15) is 9.59 Å². The van der Waals surface area contributed by atoms with Crippen LogP contribution >= 0.6 is 0 Å². The van der Waals surface area contributed by atoms with Crippen molar-refractivity contribution in [2.75, 3.05) is 7.05 Å². The Labute approximate surface area is 133 Å². The number of nitrogens with zero attached hydrogens (tertiary/aromatic N) is 1. The lowest BCUT2D eigenvalue weighted by molar-refractivity contribution is 0.0693. The van der Waals surface area contributed by atoms with Crippen LogP contribution in [0.25, 0.3) is 0 Å². The molecule has 0 saturated carbocycles. The van der Waals surface area contributed by atoms with Crippen LogP contribution in [-0.2, 0) is 6.42 Å². The monoisotopic (exact) mass is 301 g/mol. The molecule has 0 N–H and O–H groups in total. The first kappa shape index (κ1) is 16.7. The molecular weight excluding hydrogens is 274 g/mol. The number of hydrogen-bond acceptors (Lipinski definition) is 2. The lowest BCUT2D eigenvalue weighted by atomic mass is 9.97. The molecule has 0 fully saturated rings. The number of rotatable bonds is 9. The Hall–Kier alpha value is -1.64. The zero-order valence-electron chi connectivity index (χ0n) is 13.9. The minimum absolute atomic E-state index is 0.143.